The van der Waals surface area contributed by atoms with Crippen LogP contribution in [0.3, 0.4) is 0 Å². The lowest BCUT2D eigenvalue weighted by atomic mass is 9.74. The van der Waals surface area contributed by atoms with Crippen LogP contribution in [0.15, 0.2) is 30.0 Å². The van der Waals surface area contributed by atoms with Gasteiger partial charge in [0.1, 0.15) is 0 Å². The van der Waals surface area contributed by atoms with Crippen LogP contribution in [-0.4, -0.2) is 18.2 Å². The molecule has 90 valence electrons. The first-order valence-electron chi connectivity index (χ1n) is 5.61. The van der Waals surface area contributed by atoms with Crippen molar-refractivity contribution in [2.24, 2.45) is 5.41 Å². The fourth-order valence-corrected chi connectivity index (χ4v) is 2.21. The highest BCUT2D eigenvalue weighted by molar-refractivity contribution is 5.72. The van der Waals surface area contributed by atoms with Crippen LogP contribution in [0, 0.1) is 5.41 Å². The Kier molecular flexibility index (Phi) is 2.92. The second kappa shape index (κ2) is 4.24. The quantitative estimate of drug-likeness (QED) is 0.797. The average molecular weight is 232 g/mol. The Balaban J connectivity index is 2.32. The topological polar surface area (TPSA) is 46.5 Å². The van der Waals surface area contributed by atoms with Gasteiger partial charge in [-0.15, -0.1) is 0 Å². The first-order chi connectivity index (χ1) is 8.05. The summed E-state index contributed by atoms with van der Waals surface area (Å²) in [6.07, 6.45) is 2.59. The van der Waals surface area contributed by atoms with Crippen LogP contribution >= 0.6 is 0 Å². The average Bonchev–Trinajstić information content (AvgIpc) is 2.30. The number of aliphatic hydroxyl groups is 1. The highest BCUT2D eigenvalue weighted by Crippen LogP contribution is 2.39. The summed E-state index contributed by atoms with van der Waals surface area (Å²) in [6, 6.07) is 7.89. The fourth-order valence-electron chi connectivity index (χ4n) is 2.21. The molecular formula is C14H16O3. The van der Waals surface area contributed by atoms with Crippen molar-refractivity contribution in [1.29, 1.82) is 0 Å². The third-order valence-corrected chi connectivity index (χ3v) is 3.31. The SMILES string of the molecule is COC(=O)CC1(C)Cc2ccccc2C=C1O. The Morgan fingerprint density at radius 3 is 2.88 bits per heavy atom. The minimum atomic E-state index is -0.554. The summed E-state index contributed by atoms with van der Waals surface area (Å²) in [6.45, 7) is 1.88. The van der Waals surface area contributed by atoms with E-state index < -0.39 is 5.41 Å². The van der Waals surface area contributed by atoms with Crippen molar-refractivity contribution in [2.75, 3.05) is 7.11 Å². The van der Waals surface area contributed by atoms with Crippen LogP contribution in [-0.2, 0) is 16.0 Å². The number of hydrogen-bond donors (Lipinski definition) is 1. The number of methoxy groups -OCH3 is 1. The molecule has 0 saturated carbocycles. The van der Waals surface area contributed by atoms with Crippen LogP contribution in [0.25, 0.3) is 6.08 Å². The molecule has 17 heavy (non-hydrogen) atoms. The number of fused-ring (bicyclic) bond motifs is 1. The number of ether oxygens (including phenoxy) is 1. The Morgan fingerprint density at radius 1 is 1.47 bits per heavy atom. The summed E-state index contributed by atoms with van der Waals surface area (Å²) in [4.78, 5) is 11.4. The molecule has 3 heteroatoms. The van der Waals surface area contributed by atoms with Crippen LogP contribution in [0.2, 0.25) is 0 Å². The molecule has 1 unspecified atom stereocenters. The molecule has 1 atom stereocenters. The maximum atomic E-state index is 11.4. The first-order valence-corrected chi connectivity index (χ1v) is 5.61. The van der Waals surface area contributed by atoms with E-state index in [2.05, 4.69) is 4.74 Å². The van der Waals surface area contributed by atoms with Gasteiger partial charge in [0.25, 0.3) is 0 Å². The van der Waals surface area contributed by atoms with Gasteiger partial charge in [-0.1, -0.05) is 31.2 Å². The van der Waals surface area contributed by atoms with Crippen molar-refractivity contribution in [3.8, 4) is 0 Å². The first kappa shape index (κ1) is 11.7. The molecule has 3 nitrogen and oxygen atoms in total. The predicted molar refractivity (Wildman–Crippen MR) is 65.5 cm³/mol. The molecule has 0 aromatic heterocycles. The molecule has 0 radical (unpaired) electrons. The smallest absolute Gasteiger partial charge is 0.306 e. The van der Waals surface area contributed by atoms with Gasteiger partial charge < -0.3 is 9.84 Å². The molecule has 1 aromatic rings. The zero-order valence-electron chi connectivity index (χ0n) is 10.1. The third-order valence-electron chi connectivity index (χ3n) is 3.31. The van der Waals surface area contributed by atoms with Crippen LogP contribution in [0.4, 0.5) is 0 Å². The van der Waals surface area contributed by atoms with Gasteiger partial charge in [-0.3, -0.25) is 4.79 Å². The number of hydrogen-bond acceptors (Lipinski definition) is 3. The molecule has 0 aliphatic heterocycles. The number of rotatable bonds is 2. The van der Waals surface area contributed by atoms with Gasteiger partial charge in [-0.05, 0) is 23.6 Å². The number of carbonyl (C=O) groups excluding carboxylic acids is 1. The summed E-state index contributed by atoms with van der Waals surface area (Å²) < 4.78 is 4.68. The van der Waals surface area contributed by atoms with Crippen molar-refractivity contribution in [1.82, 2.24) is 0 Å². The van der Waals surface area contributed by atoms with E-state index in [0.717, 1.165) is 11.1 Å². The standard InChI is InChI=1S/C14H16O3/c1-14(9-13(16)17-2)8-11-6-4-3-5-10(11)7-12(14)15/h3-7,15H,8-9H2,1-2H3. The van der Waals surface area contributed by atoms with E-state index >= 15 is 0 Å². The monoisotopic (exact) mass is 232 g/mol. The van der Waals surface area contributed by atoms with Gasteiger partial charge in [0.05, 0.1) is 19.3 Å². The van der Waals surface area contributed by atoms with E-state index in [9.17, 15) is 9.90 Å². The highest BCUT2D eigenvalue weighted by atomic mass is 16.5. The largest absolute Gasteiger partial charge is 0.512 e. The third kappa shape index (κ3) is 2.18. The van der Waals surface area contributed by atoms with Crippen LogP contribution in [0.1, 0.15) is 24.5 Å². The van der Waals surface area contributed by atoms with E-state index in [1.165, 1.54) is 7.11 Å². The van der Waals surface area contributed by atoms with Gasteiger partial charge in [0.15, 0.2) is 0 Å². The number of aliphatic hydroxyl groups excluding tert-OH is 1. The van der Waals surface area contributed by atoms with Gasteiger partial charge in [0, 0.05) is 5.41 Å². The lowest BCUT2D eigenvalue weighted by Gasteiger charge is -2.32. The van der Waals surface area contributed by atoms with Crippen molar-refractivity contribution in [3.63, 3.8) is 0 Å². The lowest BCUT2D eigenvalue weighted by Crippen LogP contribution is -2.29. The molecule has 0 amide bonds. The second-order valence-electron chi connectivity index (χ2n) is 4.72. The van der Waals surface area contributed by atoms with Gasteiger partial charge >= 0.3 is 5.97 Å². The van der Waals surface area contributed by atoms with E-state index in [4.69, 9.17) is 0 Å². The maximum Gasteiger partial charge on any atom is 0.306 e. The Morgan fingerprint density at radius 2 is 2.18 bits per heavy atom. The van der Waals surface area contributed by atoms with Gasteiger partial charge in [-0.25, -0.2) is 0 Å². The van der Waals surface area contributed by atoms with Gasteiger partial charge in [-0.2, -0.15) is 0 Å². The van der Waals surface area contributed by atoms with Crippen molar-refractivity contribution < 1.29 is 14.6 Å². The minimum Gasteiger partial charge on any atom is -0.512 e. The Hall–Kier alpha value is -1.77. The van der Waals surface area contributed by atoms with Crippen molar-refractivity contribution >= 4 is 12.0 Å². The van der Waals surface area contributed by atoms with E-state index in [1.54, 1.807) is 6.08 Å². The molecule has 2 rings (SSSR count). The zero-order chi connectivity index (χ0) is 12.5. The normalized spacial score (nSPS) is 22.6. The molecule has 0 bridgehead atoms. The number of benzene rings is 1. The zero-order valence-corrected chi connectivity index (χ0v) is 10.1. The van der Waals surface area contributed by atoms with E-state index in [1.807, 2.05) is 31.2 Å². The van der Waals surface area contributed by atoms with Crippen molar-refractivity contribution in [2.45, 2.75) is 19.8 Å². The van der Waals surface area contributed by atoms with Crippen molar-refractivity contribution in [3.05, 3.63) is 41.2 Å². The molecule has 1 N–H and O–H groups in total. The molecule has 0 saturated heterocycles. The highest BCUT2D eigenvalue weighted by Gasteiger charge is 2.35. The summed E-state index contributed by atoms with van der Waals surface area (Å²) >= 11 is 0. The maximum absolute atomic E-state index is 11.4. The van der Waals surface area contributed by atoms with E-state index in [-0.39, 0.29) is 18.1 Å². The van der Waals surface area contributed by atoms with Crippen LogP contribution in [0.5, 0.6) is 0 Å². The Bertz CT molecular complexity index is 476. The Labute approximate surface area is 101 Å². The van der Waals surface area contributed by atoms with Crippen LogP contribution < -0.4 is 0 Å². The summed E-state index contributed by atoms with van der Waals surface area (Å²) in [5, 5.41) is 10.1. The second-order valence-corrected chi connectivity index (χ2v) is 4.72. The van der Waals surface area contributed by atoms with Gasteiger partial charge in [0.2, 0.25) is 0 Å². The summed E-state index contributed by atoms with van der Waals surface area (Å²) in [5.41, 5.74) is 1.62. The minimum absolute atomic E-state index is 0.195. The number of allylic oxidation sites excluding steroid dienone is 1. The molecular weight excluding hydrogens is 216 g/mol. The lowest BCUT2D eigenvalue weighted by molar-refractivity contribution is -0.143. The number of carbonyl (C=O) groups is 1. The molecule has 1 aliphatic carbocycles. The molecule has 1 aliphatic rings. The predicted octanol–water partition coefficient (Wildman–Crippen LogP) is 2.71. The summed E-state index contributed by atoms with van der Waals surface area (Å²) in [5.74, 6) is -0.0477. The molecule has 0 spiro atoms. The molecule has 1 aromatic carbocycles. The van der Waals surface area contributed by atoms with E-state index in [0.29, 0.717) is 6.42 Å². The molecule has 0 heterocycles. The summed E-state index contributed by atoms with van der Waals surface area (Å²) in [7, 11) is 1.36. The molecule has 0 fully saturated rings. The fraction of sp³-hybridized carbons (Fsp3) is 0.357. The number of esters is 1.